The third-order valence-electron chi connectivity index (χ3n) is 3.53. The van der Waals surface area contributed by atoms with E-state index in [1.54, 1.807) is 41.5 Å². The quantitative estimate of drug-likeness (QED) is 0.687. The highest BCUT2D eigenvalue weighted by molar-refractivity contribution is 5.86. The first-order valence-electron chi connectivity index (χ1n) is 8.54. The van der Waals surface area contributed by atoms with Crippen LogP contribution in [0, 0.1) is 0 Å². The van der Waals surface area contributed by atoms with E-state index in [0.29, 0.717) is 0 Å². The Kier molecular flexibility index (Phi) is 6.87. The van der Waals surface area contributed by atoms with Gasteiger partial charge in [-0.15, -0.1) is 0 Å². The second-order valence-electron chi connectivity index (χ2n) is 8.13. The molecule has 1 aliphatic rings. The number of carbonyl (C=O) groups is 3. The number of hydrogen-bond acceptors (Lipinski definition) is 6. The van der Waals surface area contributed by atoms with Crippen molar-refractivity contribution < 1.29 is 28.7 Å². The predicted octanol–water partition coefficient (Wildman–Crippen LogP) is 1.86. The summed E-state index contributed by atoms with van der Waals surface area (Å²) in [5.41, 5.74) is -1.34. The van der Waals surface area contributed by atoms with E-state index in [2.05, 4.69) is 0 Å². The molecule has 9 nitrogen and oxygen atoms in total. The Morgan fingerprint density at radius 3 is 1.88 bits per heavy atom. The summed E-state index contributed by atoms with van der Waals surface area (Å²) in [6.07, 6.45) is -1.14. The summed E-state index contributed by atoms with van der Waals surface area (Å²) in [5.74, 6) is -0.452. The number of carbonyl (C=O) groups excluding carboxylic acids is 3. The number of hydrogen-bond donors (Lipinski definition) is 0. The molecule has 1 fully saturated rings. The molecule has 1 saturated heterocycles. The molecule has 3 amide bonds. The van der Waals surface area contributed by atoms with Crippen molar-refractivity contribution in [2.24, 2.45) is 0 Å². The third-order valence-corrected chi connectivity index (χ3v) is 3.53. The summed E-state index contributed by atoms with van der Waals surface area (Å²) in [5, 5.41) is 1.03. The molecular weight excluding hydrogens is 342 g/mol. The van der Waals surface area contributed by atoms with Gasteiger partial charge in [-0.05, 0) is 41.5 Å². The third kappa shape index (κ3) is 6.36. The van der Waals surface area contributed by atoms with Gasteiger partial charge in [0.1, 0.15) is 17.2 Å². The molecule has 1 rings (SSSR count). The van der Waals surface area contributed by atoms with Gasteiger partial charge in [0, 0.05) is 20.1 Å². The lowest BCUT2D eigenvalue weighted by Crippen LogP contribution is -2.62. The zero-order chi connectivity index (χ0) is 20.3. The molecule has 0 radical (unpaired) electrons. The van der Waals surface area contributed by atoms with Crippen molar-refractivity contribution in [1.29, 1.82) is 0 Å². The lowest BCUT2D eigenvalue weighted by Gasteiger charge is -2.41. The maximum atomic E-state index is 12.6. The maximum absolute atomic E-state index is 12.6. The van der Waals surface area contributed by atoms with Gasteiger partial charge in [0.05, 0.1) is 13.7 Å². The zero-order valence-electron chi connectivity index (χ0n) is 17.0. The Morgan fingerprint density at radius 2 is 1.42 bits per heavy atom. The molecule has 26 heavy (non-hydrogen) atoms. The molecule has 150 valence electrons. The van der Waals surface area contributed by atoms with Crippen LogP contribution in [-0.2, 0) is 19.1 Å². The second kappa shape index (κ2) is 8.11. The van der Waals surface area contributed by atoms with Crippen molar-refractivity contribution in [2.45, 2.75) is 58.8 Å². The molecular formula is C17H31N3O6. The fourth-order valence-electron chi connectivity index (χ4n) is 2.33. The number of piperazine rings is 1. The summed E-state index contributed by atoms with van der Waals surface area (Å²) in [4.78, 5) is 45.2. The van der Waals surface area contributed by atoms with Gasteiger partial charge < -0.3 is 14.4 Å². The normalized spacial score (nSPS) is 18.4. The Morgan fingerprint density at radius 1 is 0.923 bits per heavy atom. The molecule has 0 N–H and O–H groups in total. The fraction of sp³-hybridized carbons (Fsp3) is 0.824. The van der Waals surface area contributed by atoms with Crippen LogP contribution in [0.25, 0.3) is 0 Å². The predicted molar refractivity (Wildman–Crippen MR) is 94.3 cm³/mol. The van der Waals surface area contributed by atoms with Gasteiger partial charge in [0.2, 0.25) is 0 Å². The van der Waals surface area contributed by atoms with E-state index in [1.807, 2.05) is 0 Å². The molecule has 1 heterocycles. The molecule has 0 aliphatic carbocycles. The van der Waals surface area contributed by atoms with E-state index in [1.165, 1.54) is 24.0 Å². The van der Waals surface area contributed by atoms with Crippen LogP contribution in [0.1, 0.15) is 41.5 Å². The van der Waals surface area contributed by atoms with E-state index < -0.39 is 35.3 Å². The maximum Gasteiger partial charge on any atom is 0.411 e. The monoisotopic (exact) mass is 373 g/mol. The van der Waals surface area contributed by atoms with Crippen LogP contribution >= 0.6 is 0 Å². The lowest BCUT2D eigenvalue weighted by molar-refractivity contribution is -0.176. The van der Waals surface area contributed by atoms with Gasteiger partial charge in [0.15, 0.2) is 0 Å². The average Bonchev–Trinajstić information content (AvgIpc) is 2.49. The molecule has 0 saturated carbocycles. The van der Waals surface area contributed by atoms with Crippen molar-refractivity contribution in [3.8, 4) is 0 Å². The fourth-order valence-corrected chi connectivity index (χ4v) is 2.33. The van der Waals surface area contributed by atoms with E-state index >= 15 is 0 Å². The topological polar surface area (TPSA) is 88.6 Å². The van der Waals surface area contributed by atoms with Crippen LogP contribution in [0.2, 0.25) is 0 Å². The summed E-state index contributed by atoms with van der Waals surface area (Å²) < 4.78 is 10.8. The Bertz CT molecular complexity index is 538. The van der Waals surface area contributed by atoms with Crippen molar-refractivity contribution >= 4 is 18.1 Å². The highest BCUT2D eigenvalue weighted by Crippen LogP contribution is 2.19. The smallest absolute Gasteiger partial charge is 0.411 e. The summed E-state index contributed by atoms with van der Waals surface area (Å²) in [6, 6.07) is -0.920. The minimum atomic E-state index is -0.920. The molecule has 1 aliphatic heterocycles. The van der Waals surface area contributed by atoms with Gasteiger partial charge in [-0.25, -0.2) is 14.7 Å². The summed E-state index contributed by atoms with van der Waals surface area (Å²) >= 11 is 0. The first-order chi connectivity index (χ1) is 11.7. The molecule has 0 aromatic carbocycles. The van der Waals surface area contributed by atoms with Gasteiger partial charge >= 0.3 is 12.2 Å². The number of hydroxylamine groups is 2. The van der Waals surface area contributed by atoms with E-state index in [9.17, 15) is 14.4 Å². The van der Waals surface area contributed by atoms with Crippen LogP contribution in [0.5, 0.6) is 0 Å². The summed E-state index contributed by atoms with van der Waals surface area (Å²) in [6.45, 7) is 11.0. The number of rotatable bonds is 2. The molecule has 0 aromatic rings. The molecule has 0 unspecified atom stereocenters. The molecule has 9 heteroatoms. The Hall–Kier alpha value is -2.03. The van der Waals surface area contributed by atoms with Crippen molar-refractivity contribution in [3.05, 3.63) is 0 Å². The number of nitrogens with zero attached hydrogens (tertiary/aromatic N) is 3. The molecule has 0 aromatic heterocycles. The van der Waals surface area contributed by atoms with Crippen molar-refractivity contribution in [1.82, 2.24) is 14.9 Å². The Balaban J connectivity index is 2.99. The van der Waals surface area contributed by atoms with Gasteiger partial charge in [-0.2, -0.15) is 0 Å². The lowest BCUT2D eigenvalue weighted by atomic mass is 10.1. The van der Waals surface area contributed by atoms with Crippen LogP contribution in [-0.4, -0.2) is 84.0 Å². The highest BCUT2D eigenvalue weighted by atomic mass is 16.7. The van der Waals surface area contributed by atoms with Crippen LogP contribution in [0.3, 0.4) is 0 Å². The van der Waals surface area contributed by atoms with Crippen LogP contribution in [0.4, 0.5) is 9.59 Å². The van der Waals surface area contributed by atoms with Crippen molar-refractivity contribution in [2.75, 3.05) is 33.8 Å². The number of amides is 3. The first kappa shape index (κ1) is 22.0. The summed E-state index contributed by atoms with van der Waals surface area (Å²) in [7, 11) is 2.80. The number of ether oxygens (including phenoxy) is 2. The van der Waals surface area contributed by atoms with Gasteiger partial charge in [0.25, 0.3) is 5.91 Å². The minimum absolute atomic E-state index is 0.000684. The molecule has 0 spiro atoms. The van der Waals surface area contributed by atoms with Crippen molar-refractivity contribution in [3.63, 3.8) is 0 Å². The first-order valence-corrected chi connectivity index (χ1v) is 8.54. The minimum Gasteiger partial charge on any atom is -0.444 e. The van der Waals surface area contributed by atoms with E-state index in [4.69, 9.17) is 14.3 Å². The largest absolute Gasteiger partial charge is 0.444 e. The zero-order valence-corrected chi connectivity index (χ0v) is 17.0. The van der Waals surface area contributed by atoms with E-state index in [-0.39, 0.29) is 19.6 Å². The second-order valence-corrected chi connectivity index (χ2v) is 8.13. The number of likely N-dealkylation sites (N-methyl/N-ethyl adjacent to an activating group) is 1. The molecule has 1 atom stereocenters. The van der Waals surface area contributed by atoms with Gasteiger partial charge in [-0.3, -0.25) is 14.5 Å². The SMILES string of the molecule is CON(C)C(=O)[C@@H]1CN(C(=O)OC(C)(C)C)CCN1C(=O)OC(C)(C)C. The highest BCUT2D eigenvalue weighted by Gasteiger charge is 2.41. The molecule has 0 bridgehead atoms. The Labute approximate surface area is 155 Å². The van der Waals surface area contributed by atoms with Crippen LogP contribution < -0.4 is 0 Å². The average molecular weight is 373 g/mol. The van der Waals surface area contributed by atoms with E-state index in [0.717, 1.165) is 5.06 Å². The van der Waals surface area contributed by atoms with Gasteiger partial charge in [-0.1, -0.05) is 0 Å². The van der Waals surface area contributed by atoms with Crippen LogP contribution in [0.15, 0.2) is 0 Å². The standard InChI is InChI=1S/C17H31N3O6/c1-16(2,3)25-14(22)19-9-10-20(15(23)26-17(4,5)6)12(11-19)13(21)18(7)24-8/h12H,9-11H2,1-8H3/t12-/m0/s1.